The molecular weight excluding hydrogens is 260 g/mol. The van der Waals surface area contributed by atoms with E-state index in [0.717, 1.165) is 0 Å². The van der Waals surface area contributed by atoms with Crippen LogP contribution in [0.25, 0.3) is 0 Å². The standard InChI is InChI=1S/C10H18N2O5S/c1-3-11-9(14)4-5-18(17)6-8(10(15)16)12-7(2)13/h8H,3-6H2,1-2H3,(H,11,14)(H,12,13)(H,15,16). The number of rotatable bonds is 8. The fourth-order valence-corrected chi connectivity index (χ4v) is 2.36. The van der Waals surface area contributed by atoms with Crippen LogP contribution in [0.15, 0.2) is 0 Å². The highest BCUT2D eigenvalue weighted by Crippen LogP contribution is 1.94. The molecule has 0 heterocycles. The second kappa shape index (κ2) is 8.62. The molecule has 2 atom stereocenters. The van der Waals surface area contributed by atoms with Gasteiger partial charge in [0.1, 0.15) is 6.04 Å². The van der Waals surface area contributed by atoms with Gasteiger partial charge in [0.2, 0.25) is 11.8 Å². The third kappa shape index (κ3) is 7.77. The Hall–Kier alpha value is -1.44. The van der Waals surface area contributed by atoms with Gasteiger partial charge >= 0.3 is 5.97 Å². The summed E-state index contributed by atoms with van der Waals surface area (Å²) in [6.45, 7) is 3.45. The van der Waals surface area contributed by atoms with Gasteiger partial charge in [-0.05, 0) is 6.92 Å². The summed E-state index contributed by atoms with van der Waals surface area (Å²) in [5.41, 5.74) is 0. The predicted octanol–water partition coefficient (Wildman–Crippen LogP) is -1.15. The lowest BCUT2D eigenvalue weighted by molar-refractivity contribution is -0.140. The van der Waals surface area contributed by atoms with Gasteiger partial charge in [0.15, 0.2) is 0 Å². The topological polar surface area (TPSA) is 113 Å². The van der Waals surface area contributed by atoms with Crippen LogP contribution in [0.1, 0.15) is 20.3 Å². The van der Waals surface area contributed by atoms with Crippen LogP contribution in [0.4, 0.5) is 0 Å². The second-order valence-corrected chi connectivity index (χ2v) is 5.23. The number of hydrogen-bond acceptors (Lipinski definition) is 4. The molecule has 0 saturated heterocycles. The maximum atomic E-state index is 11.6. The number of aliphatic carboxylic acids is 1. The van der Waals surface area contributed by atoms with Crippen molar-refractivity contribution in [1.29, 1.82) is 0 Å². The van der Waals surface area contributed by atoms with Gasteiger partial charge in [0.05, 0.1) is 5.75 Å². The lowest BCUT2D eigenvalue weighted by Gasteiger charge is -2.12. The van der Waals surface area contributed by atoms with E-state index in [0.29, 0.717) is 6.54 Å². The van der Waals surface area contributed by atoms with E-state index < -0.39 is 28.7 Å². The smallest absolute Gasteiger partial charge is 0.327 e. The molecule has 0 spiro atoms. The first-order valence-electron chi connectivity index (χ1n) is 5.48. The van der Waals surface area contributed by atoms with Crippen LogP contribution in [-0.2, 0) is 25.2 Å². The first-order chi connectivity index (χ1) is 8.36. The Balaban J connectivity index is 4.14. The van der Waals surface area contributed by atoms with Crippen molar-refractivity contribution in [3.05, 3.63) is 0 Å². The number of carbonyl (C=O) groups excluding carboxylic acids is 2. The van der Waals surface area contributed by atoms with Crippen molar-refractivity contribution in [1.82, 2.24) is 10.6 Å². The minimum absolute atomic E-state index is 0.0763. The molecule has 104 valence electrons. The normalized spacial score (nSPS) is 13.4. The summed E-state index contributed by atoms with van der Waals surface area (Å²) in [5.74, 6) is -2.08. The maximum absolute atomic E-state index is 11.6. The van der Waals surface area contributed by atoms with E-state index in [1.165, 1.54) is 6.92 Å². The third-order valence-corrected chi connectivity index (χ3v) is 3.32. The van der Waals surface area contributed by atoms with E-state index in [1.807, 2.05) is 0 Å². The molecule has 0 aromatic carbocycles. The molecule has 3 N–H and O–H groups in total. The van der Waals surface area contributed by atoms with Crippen molar-refractivity contribution >= 4 is 28.6 Å². The van der Waals surface area contributed by atoms with Gasteiger partial charge in [0.25, 0.3) is 0 Å². The summed E-state index contributed by atoms with van der Waals surface area (Å²) in [6.07, 6.45) is 0.0763. The zero-order valence-electron chi connectivity index (χ0n) is 10.4. The molecule has 0 aliphatic heterocycles. The molecule has 8 heteroatoms. The molecule has 0 aliphatic rings. The van der Waals surface area contributed by atoms with Crippen molar-refractivity contribution in [3.63, 3.8) is 0 Å². The van der Waals surface area contributed by atoms with Crippen molar-refractivity contribution in [3.8, 4) is 0 Å². The molecule has 0 saturated carbocycles. The van der Waals surface area contributed by atoms with Crippen molar-refractivity contribution in [2.24, 2.45) is 0 Å². The van der Waals surface area contributed by atoms with Crippen molar-refractivity contribution in [2.75, 3.05) is 18.1 Å². The maximum Gasteiger partial charge on any atom is 0.327 e. The van der Waals surface area contributed by atoms with E-state index in [-0.39, 0.29) is 23.8 Å². The average molecular weight is 278 g/mol. The average Bonchev–Trinajstić information content (AvgIpc) is 2.25. The largest absolute Gasteiger partial charge is 0.480 e. The molecule has 0 aromatic rings. The summed E-state index contributed by atoms with van der Waals surface area (Å²) < 4.78 is 11.6. The van der Waals surface area contributed by atoms with Crippen LogP contribution in [0.3, 0.4) is 0 Å². The molecule has 7 nitrogen and oxygen atoms in total. The van der Waals surface area contributed by atoms with E-state index in [1.54, 1.807) is 6.92 Å². The summed E-state index contributed by atoms with van der Waals surface area (Å²) in [5, 5.41) is 13.5. The van der Waals surface area contributed by atoms with Crippen LogP contribution in [-0.4, -0.2) is 51.2 Å². The Morgan fingerprint density at radius 3 is 2.39 bits per heavy atom. The summed E-state index contributed by atoms with van der Waals surface area (Å²) in [7, 11) is -1.47. The Bertz CT molecular complexity index is 345. The Labute approximate surface area is 108 Å². The fourth-order valence-electron chi connectivity index (χ4n) is 1.18. The summed E-state index contributed by atoms with van der Waals surface area (Å²) >= 11 is 0. The van der Waals surface area contributed by atoms with Crippen molar-refractivity contribution < 1.29 is 23.7 Å². The molecule has 18 heavy (non-hydrogen) atoms. The fraction of sp³-hybridized carbons (Fsp3) is 0.700. The van der Waals surface area contributed by atoms with E-state index in [4.69, 9.17) is 5.11 Å². The summed E-state index contributed by atoms with van der Waals surface area (Å²) in [6, 6.07) is -1.18. The highest BCUT2D eigenvalue weighted by atomic mass is 32.2. The molecule has 0 radical (unpaired) electrons. The molecular formula is C10H18N2O5S. The highest BCUT2D eigenvalue weighted by Gasteiger charge is 2.21. The highest BCUT2D eigenvalue weighted by molar-refractivity contribution is 7.85. The lowest BCUT2D eigenvalue weighted by atomic mass is 10.3. The zero-order chi connectivity index (χ0) is 14.1. The van der Waals surface area contributed by atoms with Crippen molar-refractivity contribution in [2.45, 2.75) is 26.3 Å². The molecule has 0 aliphatic carbocycles. The van der Waals surface area contributed by atoms with Gasteiger partial charge in [-0.1, -0.05) is 0 Å². The quantitative estimate of drug-likeness (QED) is 0.519. The number of hydrogen-bond donors (Lipinski definition) is 3. The number of nitrogens with one attached hydrogen (secondary N) is 2. The minimum atomic E-state index is -1.47. The molecule has 0 aromatic heterocycles. The first kappa shape index (κ1) is 16.6. The van der Waals surface area contributed by atoms with Gasteiger partial charge in [-0.25, -0.2) is 4.79 Å². The van der Waals surface area contributed by atoms with E-state index >= 15 is 0 Å². The van der Waals surface area contributed by atoms with Crippen LogP contribution >= 0.6 is 0 Å². The number of carboxylic acid groups (broad SMARTS) is 1. The van der Waals surface area contributed by atoms with Crippen LogP contribution in [0, 0.1) is 0 Å². The third-order valence-electron chi connectivity index (χ3n) is 1.96. The molecule has 0 fully saturated rings. The zero-order valence-corrected chi connectivity index (χ0v) is 11.2. The SMILES string of the molecule is CCNC(=O)CCS(=O)CC(NC(C)=O)C(=O)O. The van der Waals surface area contributed by atoms with Crippen LogP contribution < -0.4 is 10.6 Å². The van der Waals surface area contributed by atoms with Gasteiger partial charge in [0, 0.05) is 36.4 Å². The minimum Gasteiger partial charge on any atom is -0.480 e. The second-order valence-electron chi connectivity index (χ2n) is 3.61. The Kier molecular flexibility index (Phi) is 7.93. The van der Waals surface area contributed by atoms with Gasteiger partial charge in [-0.2, -0.15) is 0 Å². The Morgan fingerprint density at radius 1 is 1.33 bits per heavy atom. The van der Waals surface area contributed by atoms with Gasteiger partial charge in [-0.3, -0.25) is 13.8 Å². The van der Waals surface area contributed by atoms with Gasteiger partial charge in [-0.15, -0.1) is 0 Å². The van der Waals surface area contributed by atoms with Crippen LogP contribution in [0.5, 0.6) is 0 Å². The summed E-state index contributed by atoms with van der Waals surface area (Å²) in [4.78, 5) is 32.6. The number of carboxylic acids is 1. The monoisotopic (exact) mass is 278 g/mol. The number of carbonyl (C=O) groups is 3. The Morgan fingerprint density at radius 2 is 1.94 bits per heavy atom. The van der Waals surface area contributed by atoms with E-state index in [9.17, 15) is 18.6 Å². The predicted molar refractivity (Wildman–Crippen MR) is 66.4 cm³/mol. The van der Waals surface area contributed by atoms with Gasteiger partial charge < -0.3 is 15.7 Å². The molecule has 2 amide bonds. The molecule has 2 unspecified atom stereocenters. The van der Waals surface area contributed by atoms with E-state index in [2.05, 4.69) is 10.6 Å². The van der Waals surface area contributed by atoms with Crippen LogP contribution in [0.2, 0.25) is 0 Å². The molecule has 0 rings (SSSR count). The lowest BCUT2D eigenvalue weighted by Crippen LogP contribution is -2.43. The molecule has 0 bridgehead atoms. The first-order valence-corrected chi connectivity index (χ1v) is 6.97. The number of amides is 2.